The van der Waals surface area contributed by atoms with Crippen molar-refractivity contribution in [1.82, 2.24) is 0 Å². The van der Waals surface area contributed by atoms with Crippen molar-refractivity contribution < 1.29 is 13.5 Å². The van der Waals surface area contributed by atoms with E-state index in [0.29, 0.717) is 19.6 Å². The van der Waals surface area contributed by atoms with E-state index >= 15 is 0 Å². The topological polar surface area (TPSA) is 9.23 Å². The first-order chi connectivity index (χ1) is 7.68. The molecule has 0 amide bonds. The van der Waals surface area contributed by atoms with Crippen LogP contribution in [-0.4, -0.2) is 18.6 Å². The van der Waals surface area contributed by atoms with Gasteiger partial charge in [-0.2, -0.15) is 0 Å². The average molecular weight is 247 g/mol. The van der Waals surface area contributed by atoms with Gasteiger partial charge in [-0.1, -0.05) is 6.07 Å². The highest BCUT2D eigenvalue weighted by Gasteiger charge is 2.26. The fourth-order valence-electron chi connectivity index (χ4n) is 1.95. The van der Waals surface area contributed by atoms with Gasteiger partial charge in [-0.15, -0.1) is 11.6 Å². The Balaban J connectivity index is 2.13. The van der Waals surface area contributed by atoms with Crippen LogP contribution in [0.2, 0.25) is 0 Å². The summed E-state index contributed by atoms with van der Waals surface area (Å²) in [4.78, 5) is 0. The van der Waals surface area contributed by atoms with Gasteiger partial charge in [0.25, 0.3) is 0 Å². The van der Waals surface area contributed by atoms with E-state index in [2.05, 4.69) is 0 Å². The van der Waals surface area contributed by atoms with Gasteiger partial charge in [0.2, 0.25) is 0 Å². The van der Waals surface area contributed by atoms with Crippen LogP contribution in [0.3, 0.4) is 0 Å². The first-order valence-electron chi connectivity index (χ1n) is 5.33. The molecule has 2 rings (SSSR count). The molecule has 0 aromatic heterocycles. The minimum Gasteiger partial charge on any atom is -0.381 e. The van der Waals surface area contributed by atoms with Crippen LogP contribution in [0, 0.1) is 17.6 Å². The highest BCUT2D eigenvalue weighted by molar-refractivity contribution is 6.20. The number of hydrogen-bond acceptors (Lipinski definition) is 1. The summed E-state index contributed by atoms with van der Waals surface area (Å²) in [5.41, 5.74) is 0.114. The lowest BCUT2D eigenvalue weighted by Crippen LogP contribution is -2.30. The average Bonchev–Trinajstić information content (AvgIpc) is 2.26. The zero-order valence-corrected chi connectivity index (χ0v) is 9.51. The normalized spacial score (nSPS) is 25.7. The summed E-state index contributed by atoms with van der Waals surface area (Å²) in [6.07, 6.45) is 1.04. The molecule has 1 aliphatic heterocycles. The fourth-order valence-corrected chi connectivity index (χ4v) is 2.20. The molecule has 1 aliphatic rings. The van der Waals surface area contributed by atoms with Gasteiger partial charge in [-0.25, -0.2) is 8.78 Å². The van der Waals surface area contributed by atoms with Crippen molar-refractivity contribution in [2.45, 2.75) is 18.2 Å². The predicted molar refractivity (Wildman–Crippen MR) is 58.6 cm³/mol. The second kappa shape index (κ2) is 5.11. The molecule has 1 heterocycles. The summed E-state index contributed by atoms with van der Waals surface area (Å²) in [7, 11) is 0. The van der Waals surface area contributed by atoms with Crippen LogP contribution in [0.5, 0.6) is 0 Å². The van der Waals surface area contributed by atoms with Gasteiger partial charge in [0, 0.05) is 23.5 Å². The molecule has 0 spiro atoms. The maximum absolute atomic E-state index is 13.4. The molecule has 1 aromatic rings. The van der Waals surface area contributed by atoms with Gasteiger partial charge in [-0.05, 0) is 25.0 Å². The highest BCUT2D eigenvalue weighted by atomic mass is 35.5. The Hall–Kier alpha value is -0.670. The molecule has 0 radical (unpaired) electrons. The Bertz CT molecular complexity index is 350. The second-order valence-corrected chi connectivity index (χ2v) is 4.60. The molecular weight excluding hydrogens is 234 g/mol. The van der Waals surface area contributed by atoms with E-state index in [1.54, 1.807) is 0 Å². The zero-order valence-electron chi connectivity index (χ0n) is 8.76. The third-order valence-corrected chi connectivity index (χ3v) is 3.48. The lowest BCUT2D eigenvalue weighted by Gasteiger charge is -2.27. The quantitative estimate of drug-likeness (QED) is 0.729. The predicted octanol–water partition coefficient (Wildman–Crippen LogP) is 3.15. The Morgan fingerprint density at radius 1 is 1.31 bits per heavy atom. The number of ether oxygens (including phenoxy) is 1. The molecule has 0 aliphatic carbocycles. The van der Waals surface area contributed by atoms with Gasteiger partial charge in [-0.3, -0.25) is 0 Å². The molecule has 2 atom stereocenters. The molecule has 0 bridgehead atoms. The molecule has 0 saturated carbocycles. The molecule has 1 aromatic carbocycles. The molecule has 16 heavy (non-hydrogen) atoms. The second-order valence-electron chi connectivity index (χ2n) is 4.04. The van der Waals surface area contributed by atoms with Crippen molar-refractivity contribution in [2.75, 3.05) is 13.2 Å². The van der Waals surface area contributed by atoms with Crippen LogP contribution in [0.15, 0.2) is 18.2 Å². The molecule has 0 N–H and O–H groups in total. The number of alkyl halides is 1. The van der Waals surface area contributed by atoms with Gasteiger partial charge >= 0.3 is 0 Å². The maximum atomic E-state index is 13.4. The van der Waals surface area contributed by atoms with Crippen molar-refractivity contribution in [3.8, 4) is 0 Å². The monoisotopic (exact) mass is 246 g/mol. The van der Waals surface area contributed by atoms with Crippen LogP contribution in [0.25, 0.3) is 0 Å². The van der Waals surface area contributed by atoms with Crippen LogP contribution >= 0.6 is 11.6 Å². The standard InChI is InChI=1S/C12H13ClF2O/c13-10-4-5-16-7-8(10)6-9-11(14)2-1-3-12(9)15/h1-3,8,10H,4-7H2. The van der Waals surface area contributed by atoms with E-state index in [9.17, 15) is 8.78 Å². The lowest BCUT2D eigenvalue weighted by molar-refractivity contribution is 0.0572. The summed E-state index contributed by atoms with van der Waals surface area (Å²) >= 11 is 6.11. The number of hydrogen-bond donors (Lipinski definition) is 0. The van der Waals surface area contributed by atoms with Crippen molar-refractivity contribution in [1.29, 1.82) is 0 Å². The third kappa shape index (κ3) is 2.53. The number of rotatable bonds is 2. The first kappa shape index (κ1) is 11.8. The van der Waals surface area contributed by atoms with E-state index in [0.717, 1.165) is 6.42 Å². The van der Waals surface area contributed by atoms with Crippen molar-refractivity contribution >= 4 is 11.6 Å². The minimum absolute atomic E-state index is 0.0122. The third-order valence-electron chi connectivity index (χ3n) is 2.91. The van der Waals surface area contributed by atoms with E-state index in [1.165, 1.54) is 18.2 Å². The van der Waals surface area contributed by atoms with E-state index in [-0.39, 0.29) is 16.9 Å². The van der Waals surface area contributed by atoms with Crippen LogP contribution in [-0.2, 0) is 11.2 Å². The van der Waals surface area contributed by atoms with E-state index < -0.39 is 11.6 Å². The molecule has 88 valence electrons. The van der Waals surface area contributed by atoms with E-state index in [1.807, 2.05) is 0 Å². The molecule has 4 heteroatoms. The smallest absolute Gasteiger partial charge is 0.129 e. The minimum atomic E-state index is -0.505. The fraction of sp³-hybridized carbons (Fsp3) is 0.500. The van der Waals surface area contributed by atoms with Crippen LogP contribution in [0.1, 0.15) is 12.0 Å². The zero-order chi connectivity index (χ0) is 11.5. The van der Waals surface area contributed by atoms with Gasteiger partial charge in [0.1, 0.15) is 11.6 Å². The first-order valence-corrected chi connectivity index (χ1v) is 5.77. The van der Waals surface area contributed by atoms with Crippen molar-refractivity contribution in [3.63, 3.8) is 0 Å². The lowest BCUT2D eigenvalue weighted by atomic mass is 9.93. The Kier molecular flexibility index (Phi) is 3.77. The summed E-state index contributed by atoms with van der Waals surface area (Å²) in [5.74, 6) is -1.02. The van der Waals surface area contributed by atoms with Gasteiger partial charge in [0.05, 0.1) is 6.61 Å². The van der Waals surface area contributed by atoms with Crippen molar-refractivity contribution in [3.05, 3.63) is 35.4 Å². The maximum Gasteiger partial charge on any atom is 0.129 e. The summed E-state index contributed by atoms with van der Waals surface area (Å²) < 4.78 is 32.1. The van der Waals surface area contributed by atoms with Crippen LogP contribution in [0.4, 0.5) is 8.78 Å². The van der Waals surface area contributed by atoms with Crippen LogP contribution < -0.4 is 0 Å². The number of halogens is 3. The summed E-state index contributed by atoms with van der Waals surface area (Å²) in [5, 5.41) is -0.0623. The summed E-state index contributed by atoms with van der Waals surface area (Å²) in [6, 6.07) is 3.90. The largest absolute Gasteiger partial charge is 0.381 e. The Morgan fingerprint density at radius 2 is 2.00 bits per heavy atom. The van der Waals surface area contributed by atoms with E-state index in [4.69, 9.17) is 16.3 Å². The molecular formula is C12H13ClF2O. The highest BCUT2D eigenvalue weighted by Crippen LogP contribution is 2.26. The van der Waals surface area contributed by atoms with Gasteiger partial charge < -0.3 is 4.74 Å². The SMILES string of the molecule is Fc1cccc(F)c1CC1COCCC1Cl. The molecule has 1 fully saturated rings. The molecule has 1 nitrogen and oxygen atoms in total. The number of benzene rings is 1. The summed E-state index contributed by atoms with van der Waals surface area (Å²) in [6.45, 7) is 1.10. The Labute approximate surface area is 98.4 Å². The molecule has 1 saturated heterocycles. The van der Waals surface area contributed by atoms with Crippen molar-refractivity contribution in [2.24, 2.45) is 5.92 Å². The Morgan fingerprint density at radius 3 is 2.62 bits per heavy atom. The molecule has 2 unspecified atom stereocenters. The van der Waals surface area contributed by atoms with Gasteiger partial charge in [0.15, 0.2) is 0 Å².